The first-order chi connectivity index (χ1) is 8.28. The van der Waals surface area contributed by atoms with Crippen molar-refractivity contribution in [2.45, 2.75) is 25.8 Å². The third-order valence-electron chi connectivity index (χ3n) is 2.70. The number of carbonyl (C=O) groups is 2. The number of rotatable bonds is 5. The quantitative estimate of drug-likeness (QED) is 0.462. The predicted molar refractivity (Wildman–Crippen MR) is 69.5 cm³/mol. The lowest BCUT2D eigenvalue weighted by molar-refractivity contribution is -0.154. The minimum absolute atomic E-state index is 0.154. The van der Waals surface area contributed by atoms with Gasteiger partial charge < -0.3 is 4.74 Å². The molecule has 1 rings (SSSR count). The van der Waals surface area contributed by atoms with E-state index in [1.165, 1.54) is 18.9 Å². The Labute approximate surface area is 111 Å². The molecule has 0 radical (unpaired) electrons. The summed E-state index contributed by atoms with van der Waals surface area (Å²) in [7, 11) is 3.11. The van der Waals surface area contributed by atoms with Gasteiger partial charge in [-0.2, -0.15) is 5.10 Å². The Morgan fingerprint density at radius 1 is 1.50 bits per heavy atom. The molecule has 0 N–H and O–H groups in total. The second kappa shape index (κ2) is 5.56. The number of methoxy groups -OCH3 is 1. The van der Waals surface area contributed by atoms with Crippen molar-refractivity contribution in [1.29, 1.82) is 0 Å². The van der Waals surface area contributed by atoms with E-state index in [2.05, 4.69) is 9.84 Å². The molecule has 6 heteroatoms. The normalized spacial score (nSPS) is 11.4. The molecule has 0 amide bonds. The molecular weight excluding hydrogens is 252 g/mol. The van der Waals surface area contributed by atoms with Gasteiger partial charge in [-0.05, 0) is 26.8 Å². The molecular formula is C12H18N2O3S. The number of thioether (sulfide) groups is 1. The lowest BCUT2D eigenvalue weighted by Crippen LogP contribution is -2.35. The third kappa shape index (κ3) is 3.13. The van der Waals surface area contributed by atoms with Gasteiger partial charge in [0.2, 0.25) is 0 Å². The number of esters is 1. The van der Waals surface area contributed by atoms with Gasteiger partial charge in [0.15, 0.2) is 5.78 Å². The van der Waals surface area contributed by atoms with Gasteiger partial charge in [0, 0.05) is 7.05 Å². The van der Waals surface area contributed by atoms with E-state index in [9.17, 15) is 9.59 Å². The van der Waals surface area contributed by atoms with Gasteiger partial charge in [0.05, 0.1) is 23.6 Å². The van der Waals surface area contributed by atoms with Gasteiger partial charge in [0.1, 0.15) is 5.41 Å². The number of aryl methyl sites for hydroxylation is 2. The van der Waals surface area contributed by atoms with E-state index in [1.807, 2.05) is 20.0 Å². The number of nitrogens with zero attached hydrogens (tertiary/aromatic N) is 2. The van der Waals surface area contributed by atoms with Crippen LogP contribution in [0.25, 0.3) is 0 Å². The molecule has 0 atom stereocenters. The van der Waals surface area contributed by atoms with Crippen molar-refractivity contribution in [2.75, 3.05) is 12.9 Å². The number of ether oxygens (including phenoxy) is 1. The Morgan fingerprint density at radius 3 is 2.56 bits per heavy atom. The van der Waals surface area contributed by atoms with Crippen molar-refractivity contribution in [1.82, 2.24) is 9.78 Å². The number of carbonyl (C=O) groups excluding carboxylic acids is 2. The summed E-state index contributed by atoms with van der Waals surface area (Å²) in [6.45, 7) is 5.05. The molecule has 1 aromatic heterocycles. The molecule has 100 valence electrons. The molecule has 0 saturated carbocycles. The van der Waals surface area contributed by atoms with E-state index < -0.39 is 11.4 Å². The van der Waals surface area contributed by atoms with Gasteiger partial charge in [-0.1, -0.05) is 11.8 Å². The smallest absolute Gasteiger partial charge is 0.318 e. The summed E-state index contributed by atoms with van der Waals surface area (Å²) in [5.41, 5.74) is -0.199. The van der Waals surface area contributed by atoms with Gasteiger partial charge in [-0.25, -0.2) is 0 Å². The summed E-state index contributed by atoms with van der Waals surface area (Å²) < 4.78 is 6.35. The van der Waals surface area contributed by atoms with E-state index in [-0.39, 0.29) is 11.5 Å². The number of hydrogen-bond donors (Lipinski definition) is 0. The van der Waals surface area contributed by atoms with E-state index in [1.54, 1.807) is 18.5 Å². The van der Waals surface area contributed by atoms with Crippen LogP contribution in [-0.2, 0) is 21.4 Å². The summed E-state index contributed by atoms with van der Waals surface area (Å²) in [5, 5.41) is 5.10. The molecule has 1 aromatic rings. The van der Waals surface area contributed by atoms with Crippen LogP contribution in [0.2, 0.25) is 0 Å². The Hall–Kier alpha value is -1.30. The van der Waals surface area contributed by atoms with E-state index >= 15 is 0 Å². The summed E-state index contributed by atoms with van der Waals surface area (Å²) in [6, 6.07) is 1.91. The lowest BCUT2D eigenvalue weighted by atomic mass is 9.89. The van der Waals surface area contributed by atoms with Gasteiger partial charge in [-0.3, -0.25) is 14.3 Å². The van der Waals surface area contributed by atoms with Crippen LogP contribution in [0.15, 0.2) is 11.1 Å². The second-order valence-electron chi connectivity index (χ2n) is 4.58. The van der Waals surface area contributed by atoms with Crippen molar-refractivity contribution >= 4 is 23.5 Å². The van der Waals surface area contributed by atoms with Crippen LogP contribution in [0, 0.1) is 12.3 Å². The van der Waals surface area contributed by atoms with Crippen LogP contribution in [0.1, 0.15) is 19.5 Å². The average Bonchev–Trinajstić information content (AvgIpc) is 2.63. The average molecular weight is 270 g/mol. The first-order valence-electron chi connectivity index (χ1n) is 5.54. The zero-order valence-electron chi connectivity index (χ0n) is 11.3. The molecule has 0 spiro atoms. The van der Waals surface area contributed by atoms with E-state index in [0.29, 0.717) is 0 Å². The van der Waals surface area contributed by atoms with Crippen LogP contribution in [-0.4, -0.2) is 34.4 Å². The third-order valence-corrected chi connectivity index (χ3v) is 3.79. The van der Waals surface area contributed by atoms with Crippen LogP contribution in [0.4, 0.5) is 0 Å². The van der Waals surface area contributed by atoms with Crippen molar-refractivity contribution in [3.8, 4) is 0 Å². The highest BCUT2D eigenvalue weighted by atomic mass is 32.2. The molecule has 5 nitrogen and oxygen atoms in total. The van der Waals surface area contributed by atoms with Crippen LogP contribution in [0.3, 0.4) is 0 Å². The van der Waals surface area contributed by atoms with Gasteiger partial charge in [-0.15, -0.1) is 0 Å². The minimum atomic E-state index is -1.10. The summed E-state index contributed by atoms with van der Waals surface area (Å²) in [6.07, 6.45) is 0. The molecule has 18 heavy (non-hydrogen) atoms. The lowest BCUT2D eigenvalue weighted by Gasteiger charge is -2.19. The van der Waals surface area contributed by atoms with E-state index in [0.717, 1.165) is 10.7 Å². The Morgan fingerprint density at radius 2 is 2.11 bits per heavy atom. The number of ketones is 1. The number of hydrogen-bond acceptors (Lipinski definition) is 5. The first kappa shape index (κ1) is 14.8. The molecule has 0 unspecified atom stereocenters. The van der Waals surface area contributed by atoms with Crippen molar-refractivity contribution in [2.24, 2.45) is 12.5 Å². The molecule has 0 fully saturated rings. The maximum absolute atomic E-state index is 12.0. The standard InChI is InChI=1S/C12H18N2O3S/c1-8-6-10(14(4)13-8)18-7-9(15)12(2,3)11(16)17-5/h6H,7H2,1-5H3. The number of aromatic nitrogens is 2. The van der Waals surface area contributed by atoms with Crippen LogP contribution < -0.4 is 0 Å². The van der Waals surface area contributed by atoms with Crippen molar-refractivity contribution in [3.63, 3.8) is 0 Å². The molecule has 0 bridgehead atoms. The zero-order chi connectivity index (χ0) is 13.9. The molecule has 1 heterocycles. The maximum atomic E-state index is 12.0. The molecule has 0 aliphatic heterocycles. The van der Waals surface area contributed by atoms with Crippen LogP contribution >= 0.6 is 11.8 Å². The Balaban J connectivity index is 2.67. The first-order valence-corrected chi connectivity index (χ1v) is 6.52. The highest BCUT2D eigenvalue weighted by Crippen LogP contribution is 2.25. The minimum Gasteiger partial charge on any atom is -0.468 e. The SMILES string of the molecule is COC(=O)C(C)(C)C(=O)CSc1cc(C)nn1C. The zero-order valence-corrected chi connectivity index (χ0v) is 12.1. The molecule has 0 saturated heterocycles. The van der Waals surface area contributed by atoms with E-state index in [4.69, 9.17) is 0 Å². The van der Waals surface area contributed by atoms with Gasteiger partial charge >= 0.3 is 5.97 Å². The summed E-state index contributed by atoms with van der Waals surface area (Å²) in [5.74, 6) is -0.436. The topological polar surface area (TPSA) is 61.2 Å². The second-order valence-corrected chi connectivity index (χ2v) is 5.57. The predicted octanol–water partition coefficient (Wildman–Crippen LogP) is 1.59. The number of Topliss-reactive ketones (excluding diaryl/α,β-unsaturated/α-hetero) is 1. The van der Waals surface area contributed by atoms with Crippen molar-refractivity contribution < 1.29 is 14.3 Å². The Bertz CT molecular complexity index is 466. The van der Waals surface area contributed by atoms with Gasteiger partial charge in [0.25, 0.3) is 0 Å². The summed E-state index contributed by atoms with van der Waals surface area (Å²) >= 11 is 1.37. The molecule has 0 aromatic carbocycles. The molecule has 0 aliphatic carbocycles. The Kier molecular flexibility index (Phi) is 4.56. The highest BCUT2D eigenvalue weighted by Gasteiger charge is 2.36. The maximum Gasteiger partial charge on any atom is 0.318 e. The fourth-order valence-electron chi connectivity index (χ4n) is 1.41. The highest BCUT2D eigenvalue weighted by molar-refractivity contribution is 7.99. The summed E-state index contributed by atoms with van der Waals surface area (Å²) in [4.78, 5) is 23.5. The fraction of sp³-hybridized carbons (Fsp3) is 0.583. The monoisotopic (exact) mass is 270 g/mol. The van der Waals surface area contributed by atoms with Crippen molar-refractivity contribution in [3.05, 3.63) is 11.8 Å². The fourth-order valence-corrected chi connectivity index (χ4v) is 2.53. The largest absolute Gasteiger partial charge is 0.468 e. The van der Waals surface area contributed by atoms with Crippen LogP contribution in [0.5, 0.6) is 0 Å². The molecule has 0 aliphatic rings.